The fourth-order valence-electron chi connectivity index (χ4n) is 3.75. The van der Waals surface area contributed by atoms with Gasteiger partial charge in [0.1, 0.15) is 5.75 Å². The van der Waals surface area contributed by atoms with E-state index in [0.29, 0.717) is 50.7 Å². The number of hydrogen-bond acceptors (Lipinski definition) is 6. The maximum atomic E-state index is 12.9. The predicted molar refractivity (Wildman–Crippen MR) is 108 cm³/mol. The zero-order valence-electron chi connectivity index (χ0n) is 16.0. The Bertz CT molecular complexity index is 911. The zero-order chi connectivity index (χ0) is 20.2. The summed E-state index contributed by atoms with van der Waals surface area (Å²) in [5.41, 5.74) is 2.05. The minimum atomic E-state index is -0.480. The fourth-order valence-corrected chi connectivity index (χ4v) is 3.75. The Morgan fingerprint density at radius 3 is 2.79 bits per heavy atom. The molecular formula is C21H23N3O5. The zero-order valence-corrected chi connectivity index (χ0v) is 16.0. The summed E-state index contributed by atoms with van der Waals surface area (Å²) in [6.07, 6.45) is 0.821. The van der Waals surface area contributed by atoms with E-state index >= 15 is 0 Å². The highest BCUT2D eigenvalue weighted by molar-refractivity contribution is 6.00. The summed E-state index contributed by atoms with van der Waals surface area (Å²) in [6, 6.07) is 12.3. The van der Waals surface area contributed by atoms with Crippen LogP contribution >= 0.6 is 0 Å². The summed E-state index contributed by atoms with van der Waals surface area (Å²) in [5, 5.41) is 14.2. The minimum absolute atomic E-state index is 0.0953. The van der Waals surface area contributed by atoms with Crippen LogP contribution < -0.4 is 15.0 Å². The van der Waals surface area contributed by atoms with Crippen LogP contribution in [0.4, 0.5) is 11.4 Å². The van der Waals surface area contributed by atoms with Gasteiger partial charge in [0, 0.05) is 37.7 Å². The van der Waals surface area contributed by atoms with Gasteiger partial charge in [-0.1, -0.05) is 18.2 Å². The number of anilines is 1. The molecule has 1 fully saturated rings. The van der Waals surface area contributed by atoms with E-state index in [-0.39, 0.29) is 17.5 Å². The first-order valence-corrected chi connectivity index (χ1v) is 9.72. The average molecular weight is 397 g/mol. The highest BCUT2D eigenvalue weighted by Gasteiger charge is 2.24. The summed E-state index contributed by atoms with van der Waals surface area (Å²) in [6.45, 7) is 3.39. The maximum Gasteiger partial charge on any atom is 0.270 e. The van der Waals surface area contributed by atoms with Crippen LogP contribution in [0.15, 0.2) is 42.5 Å². The van der Waals surface area contributed by atoms with E-state index in [1.807, 2.05) is 29.2 Å². The van der Waals surface area contributed by atoms with E-state index in [0.717, 1.165) is 17.7 Å². The standard InChI is InChI=1S/C21H23N3O5/c25-21(22-13-15-11-16-3-1-2-4-20(16)29-14-15)18-12-17(24(26)27)5-6-19(18)23-7-9-28-10-8-23/h1-6,12,15H,7-11,13-14H2,(H,22,25). The van der Waals surface area contributed by atoms with Crippen LogP contribution in [0.5, 0.6) is 5.75 Å². The number of amides is 1. The molecule has 2 aliphatic rings. The molecule has 8 nitrogen and oxygen atoms in total. The Balaban J connectivity index is 1.48. The van der Waals surface area contributed by atoms with E-state index in [1.165, 1.54) is 12.1 Å². The predicted octanol–water partition coefficient (Wildman–Crippen LogP) is 2.41. The lowest BCUT2D eigenvalue weighted by Gasteiger charge is -2.30. The lowest BCUT2D eigenvalue weighted by atomic mass is 9.96. The molecule has 152 valence electrons. The molecule has 0 aromatic heterocycles. The smallest absolute Gasteiger partial charge is 0.270 e. The van der Waals surface area contributed by atoms with Crippen LogP contribution in [0.25, 0.3) is 0 Å². The van der Waals surface area contributed by atoms with Crippen molar-refractivity contribution in [3.8, 4) is 5.75 Å². The van der Waals surface area contributed by atoms with Crippen LogP contribution in [0, 0.1) is 16.0 Å². The number of para-hydroxylation sites is 1. The number of non-ortho nitro benzene ring substituents is 1. The van der Waals surface area contributed by atoms with Crippen LogP contribution in [0.2, 0.25) is 0 Å². The number of nitrogens with one attached hydrogen (secondary N) is 1. The van der Waals surface area contributed by atoms with Crippen molar-refractivity contribution in [3.05, 3.63) is 63.7 Å². The lowest BCUT2D eigenvalue weighted by molar-refractivity contribution is -0.384. The number of nitro groups is 1. The van der Waals surface area contributed by atoms with E-state index in [2.05, 4.69) is 5.32 Å². The molecule has 4 rings (SSSR count). The molecule has 1 atom stereocenters. The van der Waals surface area contributed by atoms with E-state index in [4.69, 9.17) is 9.47 Å². The largest absolute Gasteiger partial charge is 0.493 e. The summed E-state index contributed by atoms with van der Waals surface area (Å²) in [4.78, 5) is 25.7. The molecule has 1 saturated heterocycles. The molecular weight excluding hydrogens is 374 g/mol. The molecule has 0 radical (unpaired) electrons. The normalized spacial score (nSPS) is 18.5. The van der Waals surface area contributed by atoms with Gasteiger partial charge in [-0.15, -0.1) is 0 Å². The second kappa shape index (κ2) is 8.48. The van der Waals surface area contributed by atoms with Gasteiger partial charge in [-0.25, -0.2) is 0 Å². The van der Waals surface area contributed by atoms with Crippen LogP contribution in [0.1, 0.15) is 15.9 Å². The molecule has 29 heavy (non-hydrogen) atoms. The molecule has 1 amide bonds. The van der Waals surface area contributed by atoms with Gasteiger partial charge in [-0.05, 0) is 24.1 Å². The average Bonchev–Trinajstić information content (AvgIpc) is 2.77. The van der Waals surface area contributed by atoms with Gasteiger partial charge in [-0.2, -0.15) is 0 Å². The maximum absolute atomic E-state index is 12.9. The molecule has 2 aromatic carbocycles. The van der Waals surface area contributed by atoms with Crippen molar-refractivity contribution in [1.29, 1.82) is 0 Å². The number of morpholine rings is 1. The molecule has 0 bridgehead atoms. The van der Waals surface area contributed by atoms with Crippen molar-refractivity contribution in [2.45, 2.75) is 6.42 Å². The first-order valence-electron chi connectivity index (χ1n) is 9.72. The van der Waals surface area contributed by atoms with Crippen LogP contribution in [-0.2, 0) is 11.2 Å². The van der Waals surface area contributed by atoms with Crippen LogP contribution in [-0.4, -0.2) is 50.3 Å². The van der Waals surface area contributed by atoms with Crippen molar-refractivity contribution in [1.82, 2.24) is 5.32 Å². The van der Waals surface area contributed by atoms with Gasteiger partial charge >= 0.3 is 0 Å². The van der Waals surface area contributed by atoms with Crippen molar-refractivity contribution >= 4 is 17.3 Å². The molecule has 0 spiro atoms. The van der Waals surface area contributed by atoms with Crippen LogP contribution in [0.3, 0.4) is 0 Å². The monoisotopic (exact) mass is 397 g/mol. The molecule has 0 saturated carbocycles. The second-order valence-electron chi connectivity index (χ2n) is 7.26. The van der Waals surface area contributed by atoms with E-state index in [1.54, 1.807) is 6.07 Å². The van der Waals surface area contributed by atoms with Gasteiger partial charge in [0.15, 0.2) is 0 Å². The number of nitrogens with zero attached hydrogens (tertiary/aromatic N) is 2. The van der Waals surface area contributed by atoms with Gasteiger partial charge in [0.25, 0.3) is 11.6 Å². The minimum Gasteiger partial charge on any atom is -0.493 e. The Morgan fingerprint density at radius 2 is 2.00 bits per heavy atom. The van der Waals surface area contributed by atoms with Crippen molar-refractivity contribution in [2.24, 2.45) is 5.92 Å². The Labute approximate surface area is 168 Å². The van der Waals surface area contributed by atoms with E-state index < -0.39 is 4.92 Å². The molecule has 2 heterocycles. The number of nitro benzene ring substituents is 1. The third kappa shape index (κ3) is 4.32. The second-order valence-corrected chi connectivity index (χ2v) is 7.26. The number of carbonyl (C=O) groups excluding carboxylic acids is 1. The first-order chi connectivity index (χ1) is 14.1. The van der Waals surface area contributed by atoms with Crippen molar-refractivity contribution in [2.75, 3.05) is 44.4 Å². The number of ether oxygens (including phenoxy) is 2. The van der Waals surface area contributed by atoms with E-state index in [9.17, 15) is 14.9 Å². The van der Waals surface area contributed by atoms with Crippen molar-refractivity contribution < 1.29 is 19.2 Å². The van der Waals surface area contributed by atoms with Gasteiger partial charge in [0.2, 0.25) is 0 Å². The molecule has 8 heteroatoms. The summed E-state index contributed by atoms with van der Waals surface area (Å²) in [7, 11) is 0. The summed E-state index contributed by atoms with van der Waals surface area (Å²) in [5.74, 6) is 0.733. The SMILES string of the molecule is O=C(NCC1COc2ccccc2C1)c1cc([N+](=O)[O-])ccc1N1CCOCC1. The number of hydrogen-bond donors (Lipinski definition) is 1. The highest BCUT2D eigenvalue weighted by Crippen LogP contribution is 2.28. The quantitative estimate of drug-likeness (QED) is 0.615. The topological polar surface area (TPSA) is 93.9 Å². The van der Waals surface area contributed by atoms with Crippen molar-refractivity contribution in [3.63, 3.8) is 0 Å². The van der Waals surface area contributed by atoms with Gasteiger partial charge in [-0.3, -0.25) is 14.9 Å². The first kappa shape index (κ1) is 19.2. The third-order valence-electron chi connectivity index (χ3n) is 5.29. The molecule has 2 aliphatic heterocycles. The van der Waals surface area contributed by atoms with Gasteiger partial charge < -0.3 is 19.7 Å². The summed E-state index contributed by atoms with van der Waals surface area (Å²) < 4.78 is 11.2. The fraction of sp³-hybridized carbons (Fsp3) is 0.381. The molecule has 2 aromatic rings. The van der Waals surface area contributed by atoms with Gasteiger partial charge in [0.05, 0.1) is 36.0 Å². The number of fused-ring (bicyclic) bond motifs is 1. The molecule has 0 aliphatic carbocycles. The Morgan fingerprint density at radius 1 is 1.21 bits per heavy atom. The molecule has 1 N–H and O–H groups in total. The Kier molecular flexibility index (Phi) is 5.62. The lowest BCUT2D eigenvalue weighted by Crippen LogP contribution is -2.39. The Hall–Kier alpha value is -3.13. The highest BCUT2D eigenvalue weighted by atomic mass is 16.6. The number of rotatable bonds is 5. The molecule has 1 unspecified atom stereocenters. The number of carbonyl (C=O) groups is 1. The number of benzene rings is 2. The third-order valence-corrected chi connectivity index (χ3v) is 5.29. The summed E-state index contributed by atoms with van der Waals surface area (Å²) >= 11 is 0.